The predicted octanol–water partition coefficient (Wildman–Crippen LogP) is 1.64. The van der Waals surface area contributed by atoms with Crippen LogP contribution in [0.15, 0.2) is 5.38 Å². The Morgan fingerprint density at radius 1 is 1.60 bits per heavy atom. The lowest BCUT2D eigenvalue weighted by atomic mass is 10.0. The van der Waals surface area contributed by atoms with Crippen molar-refractivity contribution in [1.29, 1.82) is 0 Å². The Bertz CT molecular complexity index is 332. The van der Waals surface area contributed by atoms with Crippen molar-refractivity contribution in [3.63, 3.8) is 0 Å². The standard InChI is InChI=1S/C11H19N3S/c1-9-13-10(7-15-9)6-14-5-4-12-11(2,3)8-14/h7,12H,4-6,8H2,1-3H3. The number of aromatic nitrogens is 1. The fourth-order valence-electron chi connectivity index (χ4n) is 2.09. The molecule has 1 aromatic heterocycles. The molecule has 0 bridgehead atoms. The first kappa shape index (κ1) is 11.0. The average molecular weight is 225 g/mol. The van der Waals surface area contributed by atoms with E-state index >= 15 is 0 Å². The van der Waals surface area contributed by atoms with Gasteiger partial charge in [0.25, 0.3) is 0 Å². The van der Waals surface area contributed by atoms with Gasteiger partial charge in [-0.2, -0.15) is 0 Å². The summed E-state index contributed by atoms with van der Waals surface area (Å²) >= 11 is 1.74. The maximum atomic E-state index is 4.51. The van der Waals surface area contributed by atoms with Crippen molar-refractivity contribution in [3.8, 4) is 0 Å². The quantitative estimate of drug-likeness (QED) is 0.829. The molecular weight excluding hydrogens is 206 g/mol. The summed E-state index contributed by atoms with van der Waals surface area (Å²) in [5, 5.41) is 6.86. The van der Waals surface area contributed by atoms with E-state index in [1.165, 1.54) is 10.7 Å². The minimum absolute atomic E-state index is 0.239. The van der Waals surface area contributed by atoms with E-state index in [1.807, 2.05) is 0 Å². The Balaban J connectivity index is 1.95. The second kappa shape index (κ2) is 4.20. The Kier molecular flexibility index (Phi) is 3.09. The Hall–Kier alpha value is -0.450. The molecule has 0 unspecified atom stereocenters. The number of hydrogen-bond acceptors (Lipinski definition) is 4. The van der Waals surface area contributed by atoms with Gasteiger partial charge in [-0.1, -0.05) is 0 Å². The van der Waals surface area contributed by atoms with Crippen LogP contribution >= 0.6 is 11.3 Å². The molecule has 0 atom stereocenters. The lowest BCUT2D eigenvalue weighted by Crippen LogP contribution is -2.56. The molecule has 3 nitrogen and oxygen atoms in total. The molecule has 1 fully saturated rings. The van der Waals surface area contributed by atoms with Crippen LogP contribution in [0.5, 0.6) is 0 Å². The molecule has 2 rings (SSSR count). The number of nitrogens with zero attached hydrogens (tertiary/aromatic N) is 2. The van der Waals surface area contributed by atoms with Gasteiger partial charge in [0, 0.05) is 37.1 Å². The van der Waals surface area contributed by atoms with Crippen molar-refractivity contribution in [2.45, 2.75) is 32.9 Å². The molecule has 1 aliphatic heterocycles. The van der Waals surface area contributed by atoms with Crippen molar-refractivity contribution in [3.05, 3.63) is 16.1 Å². The summed E-state index contributed by atoms with van der Waals surface area (Å²) in [5.41, 5.74) is 1.46. The van der Waals surface area contributed by atoms with E-state index in [4.69, 9.17) is 0 Å². The van der Waals surface area contributed by atoms with Gasteiger partial charge in [0.2, 0.25) is 0 Å². The zero-order valence-corrected chi connectivity index (χ0v) is 10.5. The average Bonchev–Trinajstić information content (AvgIpc) is 2.49. The van der Waals surface area contributed by atoms with Crippen LogP contribution in [-0.4, -0.2) is 35.1 Å². The first-order valence-electron chi connectivity index (χ1n) is 5.44. The van der Waals surface area contributed by atoms with Crippen molar-refractivity contribution in [2.24, 2.45) is 0 Å². The first-order chi connectivity index (χ1) is 7.05. The molecule has 0 aliphatic carbocycles. The van der Waals surface area contributed by atoms with Gasteiger partial charge in [0.05, 0.1) is 10.7 Å². The maximum Gasteiger partial charge on any atom is 0.0897 e. The van der Waals surface area contributed by atoms with Gasteiger partial charge >= 0.3 is 0 Å². The van der Waals surface area contributed by atoms with E-state index in [9.17, 15) is 0 Å². The van der Waals surface area contributed by atoms with Crippen molar-refractivity contribution >= 4 is 11.3 Å². The minimum Gasteiger partial charge on any atom is -0.309 e. The van der Waals surface area contributed by atoms with E-state index in [1.54, 1.807) is 11.3 Å². The van der Waals surface area contributed by atoms with Gasteiger partial charge in [-0.25, -0.2) is 4.98 Å². The zero-order chi connectivity index (χ0) is 10.9. The van der Waals surface area contributed by atoms with Crippen LogP contribution in [0.3, 0.4) is 0 Å². The minimum atomic E-state index is 0.239. The van der Waals surface area contributed by atoms with Crippen molar-refractivity contribution in [1.82, 2.24) is 15.2 Å². The molecular formula is C11H19N3S. The molecule has 0 amide bonds. The summed E-state index contributed by atoms with van der Waals surface area (Å²) in [5.74, 6) is 0. The van der Waals surface area contributed by atoms with E-state index < -0.39 is 0 Å². The number of aryl methyl sites for hydroxylation is 1. The monoisotopic (exact) mass is 225 g/mol. The fraction of sp³-hybridized carbons (Fsp3) is 0.727. The van der Waals surface area contributed by atoms with Gasteiger partial charge < -0.3 is 5.32 Å². The molecule has 0 radical (unpaired) electrons. The molecule has 15 heavy (non-hydrogen) atoms. The van der Waals surface area contributed by atoms with Crippen LogP contribution in [0.4, 0.5) is 0 Å². The Morgan fingerprint density at radius 3 is 3.00 bits per heavy atom. The summed E-state index contributed by atoms with van der Waals surface area (Å²) in [4.78, 5) is 6.99. The van der Waals surface area contributed by atoms with Gasteiger partial charge in [-0.05, 0) is 20.8 Å². The van der Waals surface area contributed by atoms with Crippen molar-refractivity contribution in [2.75, 3.05) is 19.6 Å². The zero-order valence-electron chi connectivity index (χ0n) is 9.71. The van der Waals surface area contributed by atoms with Crippen LogP contribution in [0.1, 0.15) is 24.5 Å². The lowest BCUT2D eigenvalue weighted by Gasteiger charge is -2.38. The molecule has 1 aromatic rings. The van der Waals surface area contributed by atoms with E-state index in [-0.39, 0.29) is 5.54 Å². The highest BCUT2D eigenvalue weighted by Gasteiger charge is 2.25. The number of rotatable bonds is 2. The van der Waals surface area contributed by atoms with E-state index in [0.29, 0.717) is 0 Å². The summed E-state index contributed by atoms with van der Waals surface area (Å²) in [6.45, 7) is 10.9. The second-order valence-corrected chi connectivity index (χ2v) is 5.94. The SMILES string of the molecule is Cc1nc(CN2CCNC(C)(C)C2)cs1. The summed E-state index contributed by atoms with van der Waals surface area (Å²) < 4.78 is 0. The highest BCUT2D eigenvalue weighted by Crippen LogP contribution is 2.15. The molecule has 0 saturated carbocycles. The number of nitrogens with one attached hydrogen (secondary N) is 1. The number of thiazole rings is 1. The maximum absolute atomic E-state index is 4.51. The third-order valence-corrected chi connectivity index (χ3v) is 3.52. The number of hydrogen-bond donors (Lipinski definition) is 1. The van der Waals surface area contributed by atoms with Gasteiger partial charge in [-0.15, -0.1) is 11.3 Å². The van der Waals surface area contributed by atoms with Crippen LogP contribution in [0.25, 0.3) is 0 Å². The molecule has 0 aromatic carbocycles. The molecule has 1 aliphatic rings. The van der Waals surface area contributed by atoms with E-state index in [2.05, 4.69) is 41.4 Å². The topological polar surface area (TPSA) is 28.2 Å². The largest absolute Gasteiger partial charge is 0.309 e. The highest BCUT2D eigenvalue weighted by atomic mass is 32.1. The third kappa shape index (κ3) is 3.00. The Labute approximate surface area is 95.5 Å². The van der Waals surface area contributed by atoms with Crippen LogP contribution in [0, 0.1) is 6.92 Å². The van der Waals surface area contributed by atoms with E-state index in [0.717, 1.165) is 26.2 Å². The highest BCUT2D eigenvalue weighted by molar-refractivity contribution is 7.09. The molecule has 1 N–H and O–H groups in total. The van der Waals surface area contributed by atoms with Crippen LogP contribution < -0.4 is 5.32 Å². The molecule has 1 saturated heterocycles. The molecule has 0 spiro atoms. The third-order valence-electron chi connectivity index (χ3n) is 2.70. The van der Waals surface area contributed by atoms with Crippen LogP contribution in [0.2, 0.25) is 0 Å². The van der Waals surface area contributed by atoms with Crippen molar-refractivity contribution < 1.29 is 0 Å². The summed E-state index contributed by atoms with van der Waals surface area (Å²) in [6, 6.07) is 0. The smallest absolute Gasteiger partial charge is 0.0897 e. The van der Waals surface area contributed by atoms with Gasteiger partial charge in [0.1, 0.15) is 0 Å². The predicted molar refractivity (Wildman–Crippen MR) is 64.2 cm³/mol. The molecule has 84 valence electrons. The lowest BCUT2D eigenvalue weighted by molar-refractivity contribution is 0.147. The summed E-state index contributed by atoms with van der Waals surface area (Å²) in [7, 11) is 0. The Morgan fingerprint density at radius 2 is 2.40 bits per heavy atom. The second-order valence-electron chi connectivity index (χ2n) is 4.88. The molecule has 4 heteroatoms. The van der Waals surface area contributed by atoms with Gasteiger partial charge in [-0.3, -0.25) is 4.90 Å². The first-order valence-corrected chi connectivity index (χ1v) is 6.31. The normalized spacial score (nSPS) is 21.8. The summed E-state index contributed by atoms with van der Waals surface area (Å²) in [6.07, 6.45) is 0. The van der Waals surface area contributed by atoms with Gasteiger partial charge in [0.15, 0.2) is 0 Å². The van der Waals surface area contributed by atoms with Crippen LogP contribution in [-0.2, 0) is 6.54 Å². The fourth-order valence-corrected chi connectivity index (χ4v) is 2.70. The molecule has 2 heterocycles. The number of piperazine rings is 1.